The van der Waals surface area contributed by atoms with E-state index in [4.69, 9.17) is 5.73 Å². The Balaban J connectivity index is 2.77. The van der Waals surface area contributed by atoms with Gasteiger partial charge in [-0.05, 0) is 18.6 Å². The lowest BCUT2D eigenvalue weighted by molar-refractivity contribution is -0.142. The number of esters is 1. The van der Waals surface area contributed by atoms with Crippen LogP contribution < -0.4 is 11.1 Å². The summed E-state index contributed by atoms with van der Waals surface area (Å²) in [5.41, 5.74) is 6.49. The number of nitrogens with two attached hydrogens (primary N) is 1. The molecule has 0 saturated heterocycles. The molecule has 0 aliphatic carbocycles. The SMILES string of the molecule is CCC(NC(=O)c1ccnc(CN)c1)C(=O)OC. The summed E-state index contributed by atoms with van der Waals surface area (Å²) in [6.45, 7) is 2.05. The molecule has 0 aliphatic heterocycles. The van der Waals surface area contributed by atoms with Crippen LogP contribution >= 0.6 is 0 Å². The molecule has 0 fully saturated rings. The second-order valence-electron chi connectivity index (χ2n) is 3.70. The van der Waals surface area contributed by atoms with Gasteiger partial charge in [0.15, 0.2) is 0 Å². The molecule has 1 unspecified atom stereocenters. The third-order valence-corrected chi connectivity index (χ3v) is 2.49. The predicted octanol–water partition coefficient (Wildman–Crippen LogP) is 0.222. The first kappa shape index (κ1) is 14.1. The molecule has 0 spiro atoms. The molecule has 1 amide bonds. The van der Waals surface area contributed by atoms with Gasteiger partial charge in [0.05, 0.1) is 12.8 Å². The average molecular weight is 251 g/mol. The molecule has 0 bridgehead atoms. The molecule has 98 valence electrons. The second-order valence-corrected chi connectivity index (χ2v) is 3.70. The van der Waals surface area contributed by atoms with Crippen LogP contribution in [-0.4, -0.2) is 30.0 Å². The number of ether oxygens (including phenoxy) is 1. The van der Waals surface area contributed by atoms with Gasteiger partial charge in [-0.15, -0.1) is 0 Å². The minimum Gasteiger partial charge on any atom is -0.467 e. The molecule has 1 rings (SSSR count). The van der Waals surface area contributed by atoms with E-state index >= 15 is 0 Å². The first-order chi connectivity index (χ1) is 8.62. The Hall–Kier alpha value is -1.95. The number of aromatic nitrogens is 1. The van der Waals surface area contributed by atoms with E-state index in [-0.39, 0.29) is 12.5 Å². The molecule has 1 aromatic rings. The zero-order valence-electron chi connectivity index (χ0n) is 10.5. The van der Waals surface area contributed by atoms with Crippen molar-refractivity contribution in [1.82, 2.24) is 10.3 Å². The second kappa shape index (κ2) is 6.70. The zero-order chi connectivity index (χ0) is 13.5. The van der Waals surface area contributed by atoms with Crippen molar-refractivity contribution < 1.29 is 14.3 Å². The predicted molar refractivity (Wildman–Crippen MR) is 65.7 cm³/mol. The monoisotopic (exact) mass is 251 g/mol. The van der Waals surface area contributed by atoms with E-state index in [1.165, 1.54) is 13.3 Å². The van der Waals surface area contributed by atoms with Crippen molar-refractivity contribution >= 4 is 11.9 Å². The van der Waals surface area contributed by atoms with Gasteiger partial charge < -0.3 is 15.8 Å². The lowest BCUT2D eigenvalue weighted by atomic mass is 10.1. The topological polar surface area (TPSA) is 94.3 Å². The van der Waals surface area contributed by atoms with Crippen molar-refractivity contribution in [3.8, 4) is 0 Å². The molecule has 0 aromatic carbocycles. The van der Waals surface area contributed by atoms with Crippen LogP contribution in [0.2, 0.25) is 0 Å². The first-order valence-corrected chi connectivity index (χ1v) is 5.66. The summed E-state index contributed by atoms with van der Waals surface area (Å²) in [6.07, 6.45) is 1.98. The maximum Gasteiger partial charge on any atom is 0.328 e. The number of carbonyl (C=O) groups excluding carboxylic acids is 2. The van der Waals surface area contributed by atoms with Crippen molar-refractivity contribution in [2.45, 2.75) is 25.9 Å². The number of methoxy groups -OCH3 is 1. The minimum atomic E-state index is -0.642. The fourth-order valence-electron chi connectivity index (χ4n) is 1.44. The van der Waals surface area contributed by atoms with Gasteiger partial charge in [-0.25, -0.2) is 4.79 Å². The highest BCUT2D eigenvalue weighted by molar-refractivity contribution is 5.96. The van der Waals surface area contributed by atoms with Gasteiger partial charge in [0.2, 0.25) is 0 Å². The van der Waals surface area contributed by atoms with Gasteiger partial charge in [0.1, 0.15) is 6.04 Å². The molecule has 6 nitrogen and oxygen atoms in total. The Kier molecular flexibility index (Phi) is 5.26. The van der Waals surface area contributed by atoms with Gasteiger partial charge >= 0.3 is 5.97 Å². The van der Waals surface area contributed by atoms with Crippen LogP contribution in [0.1, 0.15) is 29.4 Å². The molecule has 1 heterocycles. The smallest absolute Gasteiger partial charge is 0.328 e. The molecule has 0 radical (unpaired) electrons. The number of nitrogens with one attached hydrogen (secondary N) is 1. The van der Waals surface area contributed by atoms with E-state index < -0.39 is 12.0 Å². The molecule has 6 heteroatoms. The van der Waals surface area contributed by atoms with Crippen molar-refractivity contribution in [3.63, 3.8) is 0 Å². The molecule has 1 aromatic heterocycles. The molecule has 0 aliphatic rings. The molecular weight excluding hydrogens is 234 g/mol. The summed E-state index contributed by atoms with van der Waals surface area (Å²) in [7, 11) is 1.29. The number of carbonyl (C=O) groups is 2. The largest absolute Gasteiger partial charge is 0.467 e. The van der Waals surface area contributed by atoms with Crippen LogP contribution in [0.4, 0.5) is 0 Å². The summed E-state index contributed by atoms with van der Waals surface area (Å²) in [4.78, 5) is 27.3. The van der Waals surface area contributed by atoms with Gasteiger partial charge in [0, 0.05) is 18.3 Å². The number of amides is 1. The third-order valence-electron chi connectivity index (χ3n) is 2.49. The van der Waals surface area contributed by atoms with Gasteiger partial charge in [0.25, 0.3) is 5.91 Å². The number of nitrogens with zero attached hydrogens (tertiary/aromatic N) is 1. The fraction of sp³-hybridized carbons (Fsp3) is 0.417. The van der Waals surface area contributed by atoms with E-state index in [9.17, 15) is 9.59 Å². The quantitative estimate of drug-likeness (QED) is 0.730. The summed E-state index contributed by atoms with van der Waals surface area (Å²) >= 11 is 0. The summed E-state index contributed by atoms with van der Waals surface area (Å²) in [6, 6.07) is 2.52. The Morgan fingerprint density at radius 3 is 2.83 bits per heavy atom. The van der Waals surface area contributed by atoms with Crippen LogP contribution in [0.5, 0.6) is 0 Å². The number of hydrogen-bond acceptors (Lipinski definition) is 5. The van der Waals surface area contributed by atoms with Crippen LogP contribution in [0, 0.1) is 0 Å². The zero-order valence-corrected chi connectivity index (χ0v) is 10.5. The molecular formula is C12H17N3O3. The van der Waals surface area contributed by atoms with Crippen molar-refractivity contribution in [3.05, 3.63) is 29.6 Å². The van der Waals surface area contributed by atoms with Crippen LogP contribution in [0.3, 0.4) is 0 Å². The molecule has 1 atom stereocenters. The lowest BCUT2D eigenvalue weighted by Gasteiger charge is -2.14. The third kappa shape index (κ3) is 3.53. The highest BCUT2D eigenvalue weighted by Crippen LogP contribution is 2.03. The molecule has 3 N–H and O–H groups in total. The van der Waals surface area contributed by atoms with Gasteiger partial charge in [-0.1, -0.05) is 6.92 Å². The summed E-state index contributed by atoms with van der Waals surface area (Å²) in [5.74, 6) is -0.802. The lowest BCUT2D eigenvalue weighted by Crippen LogP contribution is -2.41. The van der Waals surface area contributed by atoms with E-state index in [0.29, 0.717) is 17.7 Å². The number of rotatable bonds is 5. The first-order valence-electron chi connectivity index (χ1n) is 5.66. The van der Waals surface area contributed by atoms with Crippen molar-refractivity contribution in [1.29, 1.82) is 0 Å². The standard InChI is InChI=1S/C12H17N3O3/c1-3-10(12(17)18-2)15-11(16)8-4-5-14-9(6-8)7-13/h4-6,10H,3,7,13H2,1-2H3,(H,15,16). The highest BCUT2D eigenvalue weighted by atomic mass is 16.5. The fourth-order valence-corrected chi connectivity index (χ4v) is 1.44. The molecule has 18 heavy (non-hydrogen) atoms. The summed E-state index contributed by atoms with van der Waals surface area (Å²) < 4.78 is 4.60. The van der Waals surface area contributed by atoms with E-state index in [1.54, 1.807) is 19.1 Å². The maximum absolute atomic E-state index is 11.9. The minimum absolute atomic E-state index is 0.259. The van der Waals surface area contributed by atoms with Gasteiger partial charge in [-0.2, -0.15) is 0 Å². The average Bonchev–Trinajstić information content (AvgIpc) is 2.43. The Bertz CT molecular complexity index is 434. The maximum atomic E-state index is 11.9. The Labute approximate surface area is 106 Å². The van der Waals surface area contributed by atoms with E-state index in [1.807, 2.05) is 0 Å². The Morgan fingerprint density at radius 1 is 1.56 bits per heavy atom. The van der Waals surface area contributed by atoms with Gasteiger partial charge in [-0.3, -0.25) is 9.78 Å². The number of hydrogen-bond donors (Lipinski definition) is 2. The van der Waals surface area contributed by atoms with Crippen LogP contribution in [0.25, 0.3) is 0 Å². The van der Waals surface area contributed by atoms with Crippen LogP contribution in [0.15, 0.2) is 18.3 Å². The Morgan fingerprint density at radius 2 is 2.28 bits per heavy atom. The molecule has 0 saturated carbocycles. The number of pyridine rings is 1. The van der Waals surface area contributed by atoms with E-state index in [0.717, 1.165) is 0 Å². The normalized spacial score (nSPS) is 11.7. The van der Waals surface area contributed by atoms with E-state index in [2.05, 4.69) is 15.0 Å². The van der Waals surface area contributed by atoms with Crippen LogP contribution in [-0.2, 0) is 16.1 Å². The van der Waals surface area contributed by atoms with Crippen molar-refractivity contribution in [2.24, 2.45) is 5.73 Å². The highest BCUT2D eigenvalue weighted by Gasteiger charge is 2.20. The van der Waals surface area contributed by atoms with Crippen molar-refractivity contribution in [2.75, 3.05) is 7.11 Å². The summed E-state index contributed by atoms with van der Waals surface area (Å²) in [5, 5.41) is 2.60.